The Morgan fingerprint density at radius 1 is 0.842 bits per heavy atom. The maximum Gasteiger partial charge on any atom is 0.345 e. The van der Waals surface area contributed by atoms with Gasteiger partial charge in [-0.2, -0.15) is 0 Å². The van der Waals surface area contributed by atoms with Crippen LogP contribution in [0.25, 0.3) is 6.08 Å². The second kappa shape index (κ2) is 14.5. The van der Waals surface area contributed by atoms with Crippen molar-refractivity contribution in [2.45, 2.75) is 39.6 Å². The summed E-state index contributed by atoms with van der Waals surface area (Å²) in [5.41, 5.74) is 1.94. The Bertz CT molecular complexity index is 1230. The van der Waals surface area contributed by atoms with E-state index in [0.717, 1.165) is 19.9 Å². The zero-order valence-corrected chi connectivity index (χ0v) is 20.4. The van der Waals surface area contributed by atoms with Gasteiger partial charge < -0.3 is 28.8 Å². The van der Waals surface area contributed by atoms with Crippen molar-refractivity contribution >= 4 is 42.9 Å². The molecule has 0 aliphatic heterocycles. The average Bonchev–Trinajstić information content (AvgIpc) is 2.85. The highest BCUT2D eigenvalue weighted by atomic mass is 16.6. The highest BCUT2D eigenvalue weighted by Crippen LogP contribution is 2.29. The van der Waals surface area contributed by atoms with Crippen molar-refractivity contribution in [3.63, 3.8) is 0 Å². The highest BCUT2D eigenvalue weighted by Gasteiger charge is 2.23. The third kappa shape index (κ3) is 9.57. The molecule has 2 aromatic rings. The molecule has 0 aliphatic rings. The van der Waals surface area contributed by atoms with Gasteiger partial charge in [0.15, 0.2) is 11.5 Å². The summed E-state index contributed by atoms with van der Waals surface area (Å²) < 4.78 is 24.6. The first-order chi connectivity index (χ1) is 18.1. The summed E-state index contributed by atoms with van der Waals surface area (Å²) in [4.78, 5) is 67.7. The Balaban J connectivity index is 2.16. The smallest absolute Gasteiger partial charge is 0.345 e. The van der Waals surface area contributed by atoms with Gasteiger partial charge >= 0.3 is 23.9 Å². The highest BCUT2D eigenvalue weighted by molar-refractivity contribution is 5.89. The number of carboxylic acid groups (broad SMARTS) is 1. The molecule has 1 N–H and O–H groups in total. The van der Waals surface area contributed by atoms with Gasteiger partial charge in [0.1, 0.15) is 13.2 Å². The third-order valence-electron chi connectivity index (χ3n) is 4.73. The fourth-order valence-corrected chi connectivity index (χ4v) is 3.16. The normalized spacial score (nSPS) is 11.2. The molecule has 0 spiro atoms. The number of benzene rings is 2. The average molecular weight is 528 g/mol. The van der Waals surface area contributed by atoms with Crippen molar-refractivity contribution in [2.24, 2.45) is 0 Å². The van der Waals surface area contributed by atoms with Crippen LogP contribution in [0.3, 0.4) is 0 Å². The Hall–Kier alpha value is -5.00. The number of carboxylic acids is 1. The first kappa shape index (κ1) is 29.2. The van der Waals surface area contributed by atoms with E-state index in [4.69, 9.17) is 23.7 Å². The van der Waals surface area contributed by atoms with Gasteiger partial charge in [-0.25, -0.2) is 9.59 Å². The molecule has 0 saturated carbocycles. The molecule has 38 heavy (non-hydrogen) atoms. The predicted molar refractivity (Wildman–Crippen MR) is 127 cm³/mol. The van der Waals surface area contributed by atoms with Gasteiger partial charge in [-0.15, -0.1) is 0 Å². The van der Waals surface area contributed by atoms with Crippen LogP contribution in [0.15, 0.2) is 42.5 Å². The van der Waals surface area contributed by atoms with Gasteiger partial charge in [0.2, 0.25) is 6.10 Å². The Labute approximate surface area is 216 Å². The number of carbonyl (C=O) groups is 6. The number of ether oxygens (including phenoxy) is 5. The van der Waals surface area contributed by atoms with Gasteiger partial charge in [0.25, 0.3) is 12.9 Å². The molecule has 12 heteroatoms. The molecule has 200 valence electrons. The maximum atomic E-state index is 12.3. The zero-order valence-electron chi connectivity index (χ0n) is 20.4. The molecule has 0 unspecified atom stereocenters. The number of hydrogen-bond acceptors (Lipinski definition) is 11. The maximum absolute atomic E-state index is 12.3. The molecule has 0 amide bonds. The fraction of sp³-hybridized carbons (Fsp3) is 0.231. The lowest BCUT2D eigenvalue weighted by Crippen LogP contribution is -2.28. The van der Waals surface area contributed by atoms with Gasteiger partial charge in [-0.05, 0) is 46.5 Å². The quantitative estimate of drug-likeness (QED) is 0.125. The lowest BCUT2D eigenvalue weighted by Gasteiger charge is -2.15. The Kier molecular flexibility index (Phi) is 11.2. The third-order valence-corrected chi connectivity index (χ3v) is 4.73. The molecule has 0 radical (unpaired) electrons. The lowest BCUT2D eigenvalue weighted by atomic mass is 10.0. The second-order valence-corrected chi connectivity index (χ2v) is 7.61. The van der Waals surface area contributed by atoms with Gasteiger partial charge in [-0.1, -0.05) is 18.2 Å². The number of carbonyl (C=O) groups excluding carboxylic acids is 5. The fourth-order valence-electron chi connectivity index (χ4n) is 3.16. The molecule has 2 aromatic carbocycles. The minimum Gasteiger partial charge on any atom is -0.478 e. The Morgan fingerprint density at radius 3 is 2.08 bits per heavy atom. The van der Waals surface area contributed by atoms with Crippen molar-refractivity contribution in [2.75, 3.05) is 0 Å². The van der Waals surface area contributed by atoms with E-state index in [1.807, 2.05) is 0 Å². The van der Waals surface area contributed by atoms with Gasteiger partial charge in [0.05, 0.1) is 0 Å². The molecule has 0 fully saturated rings. The number of aliphatic carboxylic acids is 1. The van der Waals surface area contributed by atoms with Crippen molar-refractivity contribution in [1.82, 2.24) is 0 Å². The van der Waals surface area contributed by atoms with Crippen molar-refractivity contribution in [3.8, 4) is 11.5 Å². The summed E-state index contributed by atoms with van der Waals surface area (Å²) >= 11 is 0. The van der Waals surface area contributed by atoms with Crippen LogP contribution in [0.4, 0.5) is 0 Å². The van der Waals surface area contributed by atoms with Crippen LogP contribution < -0.4 is 9.47 Å². The standard InChI is InChI=1S/C26H24O12/c1-16(29)36-22-7-4-19(10-23(22)37-17(2)30)11-24(26(32)33)38-25(31)8-5-18-3-6-20(12-34-14-27)21(9-18)13-35-15-28/h3-10,14-15,24H,11-13H2,1-2H3,(H,32,33)/b8-5+/t24-/m1/s1. The number of hydrogen-bond donors (Lipinski definition) is 1. The summed E-state index contributed by atoms with van der Waals surface area (Å²) in [6.45, 7) is 2.69. The Morgan fingerprint density at radius 2 is 1.47 bits per heavy atom. The molecule has 0 aliphatic carbocycles. The predicted octanol–water partition coefficient (Wildman–Crippen LogP) is 2.14. The topological polar surface area (TPSA) is 169 Å². The van der Waals surface area contributed by atoms with E-state index < -0.39 is 30.0 Å². The first-order valence-corrected chi connectivity index (χ1v) is 11.0. The summed E-state index contributed by atoms with van der Waals surface area (Å²) in [6, 6.07) is 8.87. The molecule has 0 aromatic heterocycles. The van der Waals surface area contributed by atoms with Crippen LogP contribution in [0.5, 0.6) is 11.5 Å². The van der Waals surface area contributed by atoms with E-state index >= 15 is 0 Å². The lowest BCUT2D eigenvalue weighted by molar-refractivity contribution is -0.160. The van der Waals surface area contributed by atoms with E-state index in [9.17, 15) is 33.9 Å². The van der Waals surface area contributed by atoms with Crippen molar-refractivity contribution in [1.29, 1.82) is 0 Å². The van der Waals surface area contributed by atoms with E-state index in [2.05, 4.69) is 0 Å². The van der Waals surface area contributed by atoms with Crippen LogP contribution in [0.1, 0.15) is 36.1 Å². The van der Waals surface area contributed by atoms with Crippen LogP contribution >= 0.6 is 0 Å². The molecule has 0 bridgehead atoms. The monoisotopic (exact) mass is 528 g/mol. The second-order valence-electron chi connectivity index (χ2n) is 7.61. The molecule has 1 atom stereocenters. The van der Waals surface area contributed by atoms with E-state index in [-0.39, 0.29) is 44.1 Å². The van der Waals surface area contributed by atoms with Crippen LogP contribution in [-0.4, -0.2) is 48.0 Å². The minimum atomic E-state index is -1.59. The number of rotatable bonds is 14. The zero-order chi connectivity index (χ0) is 28.1. The summed E-state index contributed by atoms with van der Waals surface area (Å²) in [7, 11) is 0. The van der Waals surface area contributed by atoms with E-state index in [1.165, 1.54) is 24.3 Å². The first-order valence-electron chi connectivity index (χ1n) is 11.0. The SMILES string of the molecule is CC(=O)Oc1ccc(C[C@@H](OC(=O)/C=C/c2ccc(COC=O)c(COC=O)c2)C(=O)O)cc1OC(C)=O. The molecule has 0 saturated heterocycles. The minimum absolute atomic E-state index is 0.0371. The summed E-state index contributed by atoms with van der Waals surface area (Å²) in [5, 5.41) is 9.54. The van der Waals surface area contributed by atoms with Crippen molar-refractivity contribution < 1.29 is 57.6 Å². The van der Waals surface area contributed by atoms with E-state index in [1.54, 1.807) is 18.2 Å². The van der Waals surface area contributed by atoms with Crippen molar-refractivity contribution in [3.05, 3.63) is 64.7 Å². The number of esters is 3. The summed E-state index contributed by atoms with van der Waals surface area (Å²) in [6.07, 6.45) is 0.521. The largest absolute Gasteiger partial charge is 0.478 e. The van der Waals surface area contributed by atoms with Crippen LogP contribution in [-0.2, 0) is 62.6 Å². The molecule has 2 rings (SSSR count). The molecular formula is C26H24O12. The van der Waals surface area contributed by atoms with E-state index in [0.29, 0.717) is 22.3 Å². The summed E-state index contributed by atoms with van der Waals surface area (Å²) in [5.74, 6) is -3.85. The van der Waals surface area contributed by atoms with Crippen LogP contribution in [0, 0.1) is 0 Å². The van der Waals surface area contributed by atoms with Crippen LogP contribution in [0.2, 0.25) is 0 Å². The van der Waals surface area contributed by atoms with Gasteiger partial charge in [-0.3, -0.25) is 19.2 Å². The molecule has 12 nitrogen and oxygen atoms in total. The van der Waals surface area contributed by atoms with Gasteiger partial charge in [0, 0.05) is 26.3 Å². The molecule has 0 heterocycles. The molecular weight excluding hydrogens is 504 g/mol.